The van der Waals surface area contributed by atoms with E-state index >= 15 is 0 Å². The summed E-state index contributed by atoms with van der Waals surface area (Å²) in [6, 6.07) is 6.95. The maximum absolute atomic E-state index is 11.7. The van der Waals surface area contributed by atoms with Crippen molar-refractivity contribution in [1.82, 2.24) is 10.6 Å². The van der Waals surface area contributed by atoms with Gasteiger partial charge in [-0.15, -0.1) is 0 Å². The highest BCUT2D eigenvalue weighted by Crippen LogP contribution is 2.33. The van der Waals surface area contributed by atoms with E-state index in [1.807, 2.05) is 19.1 Å². The number of carbonyl (C=O) groups excluding carboxylic acids is 1. The molecular weight excluding hydrogens is 256 g/mol. The van der Waals surface area contributed by atoms with Gasteiger partial charge >= 0.3 is 12.0 Å². The Morgan fingerprint density at radius 1 is 1.40 bits per heavy atom. The molecule has 1 aliphatic rings. The summed E-state index contributed by atoms with van der Waals surface area (Å²) < 4.78 is 0. The normalized spacial score (nSPS) is 17.6. The van der Waals surface area contributed by atoms with Gasteiger partial charge in [0.1, 0.15) is 6.04 Å². The van der Waals surface area contributed by atoms with Crippen LogP contribution in [0, 0.1) is 0 Å². The second-order valence-corrected chi connectivity index (χ2v) is 5.13. The molecule has 1 unspecified atom stereocenters. The van der Waals surface area contributed by atoms with Crippen molar-refractivity contribution in [3.63, 3.8) is 0 Å². The number of carboxylic acids is 1. The standard InChI is InChI=1S/C15H20N2O3/c1-2-5-13(14(18)19)17-15(20)16-9-11-8-10-6-3-4-7-12(10)11/h3-4,6-7,11,13H,2,5,8-9H2,1H3,(H,18,19)(H2,16,17,20)/t11?,13-/m0/s1. The van der Waals surface area contributed by atoms with E-state index in [2.05, 4.69) is 22.8 Å². The Morgan fingerprint density at radius 2 is 2.15 bits per heavy atom. The second kappa shape index (κ2) is 6.41. The van der Waals surface area contributed by atoms with Crippen LogP contribution in [0.4, 0.5) is 4.79 Å². The van der Waals surface area contributed by atoms with Gasteiger partial charge in [-0.05, 0) is 24.0 Å². The fourth-order valence-corrected chi connectivity index (χ4v) is 2.52. The lowest BCUT2D eigenvalue weighted by atomic mass is 9.78. The Bertz CT molecular complexity index is 502. The smallest absolute Gasteiger partial charge is 0.326 e. The van der Waals surface area contributed by atoms with Crippen LogP contribution in [-0.4, -0.2) is 29.7 Å². The number of carbonyl (C=O) groups is 2. The molecule has 0 bridgehead atoms. The first-order valence-corrected chi connectivity index (χ1v) is 6.96. The summed E-state index contributed by atoms with van der Waals surface area (Å²) >= 11 is 0. The molecule has 5 heteroatoms. The molecule has 1 aromatic carbocycles. The zero-order valence-corrected chi connectivity index (χ0v) is 11.6. The van der Waals surface area contributed by atoms with Gasteiger partial charge in [0.2, 0.25) is 0 Å². The van der Waals surface area contributed by atoms with Gasteiger partial charge in [-0.2, -0.15) is 0 Å². The molecule has 0 radical (unpaired) electrons. The molecule has 2 rings (SSSR count). The Labute approximate surface area is 118 Å². The number of hydrogen-bond donors (Lipinski definition) is 3. The largest absolute Gasteiger partial charge is 0.480 e. The summed E-state index contributed by atoms with van der Waals surface area (Å²) in [7, 11) is 0. The molecule has 0 fully saturated rings. The lowest BCUT2D eigenvalue weighted by Crippen LogP contribution is -2.47. The van der Waals surface area contributed by atoms with Crippen molar-refractivity contribution < 1.29 is 14.7 Å². The van der Waals surface area contributed by atoms with Crippen LogP contribution >= 0.6 is 0 Å². The molecule has 0 aromatic heterocycles. The minimum atomic E-state index is -0.990. The van der Waals surface area contributed by atoms with E-state index < -0.39 is 18.0 Å². The molecule has 5 nitrogen and oxygen atoms in total. The van der Waals surface area contributed by atoms with Gasteiger partial charge in [-0.25, -0.2) is 9.59 Å². The Balaban J connectivity index is 1.78. The Hall–Kier alpha value is -2.04. The molecule has 2 amide bonds. The molecule has 20 heavy (non-hydrogen) atoms. The third-order valence-corrected chi connectivity index (χ3v) is 3.65. The first-order chi connectivity index (χ1) is 9.61. The summed E-state index contributed by atoms with van der Waals surface area (Å²) in [5, 5.41) is 14.2. The average molecular weight is 276 g/mol. The minimum Gasteiger partial charge on any atom is -0.480 e. The molecule has 108 valence electrons. The summed E-state index contributed by atoms with van der Waals surface area (Å²) in [5.41, 5.74) is 2.60. The zero-order chi connectivity index (χ0) is 14.5. The molecule has 0 heterocycles. The number of amides is 2. The minimum absolute atomic E-state index is 0.339. The van der Waals surface area contributed by atoms with Crippen LogP contribution in [0.3, 0.4) is 0 Å². The highest BCUT2D eigenvalue weighted by atomic mass is 16.4. The van der Waals surface area contributed by atoms with Crippen molar-refractivity contribution in [2.75, 3.05) is 6.54 Å². The Morgan fingerprint density at radius 3 is 2.80 bits per heavy atom. The van der Waals surface area contributed by atoms with Crippen molar-refractivity contribution in [3.8, 4) is 0 Å². The van der Waals surface area contributed by atoms with E-state index in [4.69, 9.17) is 5.11 Å². The van der Waals surface area contributed by atoms with Gasteiger partial charge in [0.25, 0.3) is 0 Å². The van der Waals surface area contributed by atoms with Crippen LogP contribution in [0.2, 0.25) is 0 Å². The predicted octanol–water partition coefficient (Wildman–Crippen LogP) is 1.88. The fourth-order valence-electron chi connectivity index (χ4n) is 2.52. The first kappa shape index (κ1) is 14.4. The van der Waals surface area contributed by atoms with Crippen molar-refractivity contribution >= 4 is 12.0 Å². The van der Waals surface area contributed by atoms with Crippen LogP contribution in [0.1, 0.15) is 36.8 Å². The highest BCUT2D eigenvalue weighted by molar-refractivity contribution is 5.82. The van der Waals surface area contributed by atoms with E-state index in [-0.39, 0.29) is 0 Å². The van der Waals surface area contributed by atoms with E-state index in [1.54, 1.807) is 0 Å². The number of aliphatic carboxylic acids is 1. The lowest BCUT2D eigenvalue weighted by molar-refractivity contribution is -0.139. The Kier molecular flexibility index (Phi) is 4.61. The molecule has 2 atom stereocenters. The summed E-state index contributed by atoms with van der Waals surface area (Å²) in [4.78, 5) is 22.7. The topological polar surface area (TPSA) is 78.4 Å². The molecule has 3 N–H and O–H groups in total. The van der Waals surface area contributed by atoms with Gasteiger partial charge in [-0.1, -0.05) is 37.6 Å². The van der Waals surface area contributed by atoms with Gasteiger partial charge in [0, 0.05) is 12.5 Å². The van der Waals surface area contributed by atoms with Crippen molar-refractivity contribution in [2.24, 2.45) is 0 Å². The van der Waals surface area contributed by atoms with Gasteiger partial charge in [-0.3, -0.25) is 0 Å². The number of urea groups is 1. The molecule has 0 spiro atoms. The third-order valence-electron chi connectivity index (χ3n) is 3.65. The van der Waals surface area contributed by atoms with E-state index in [0.717, 1.165) is 6.42 Å². The van der Waals surface area contributed by atoms with Gasteiger partial charge < -0.3 is 15.7 Å². The van der Waals surface area contributed by atoms with E-state index in [9.17, 15) is 9.59 Å². The SMILES string of the molecule is CCC[C@H](NC(=O)NCC1Cc2ccccc21)C(=O)O. The van der Waals surface area contributed by atoms with Crippen LogP contribution in [-0.2, 0) is 11.2 Å². The van der Waals surface area contributed by atoms with Crippen molar-refractivity contribution in [1.29, 1.82) is 0 Å². The number of nitrogens with one attached hydrogen (secondary N) is 2. The van der Waals surface area contributed by atoms with Crippen LogP contribution < -0.4 is 10.6 Å². The van der Waals surface area contributed by atoms with E-state index in [1.165, 1.54) is 11.1 Å². The summed E-state index contributed by atoms with van der Waals surface area (Å²) in [6.45, 7) is 2.43. The molecule has 0 saturated heterocycles. The second-order valence-electron chi connectivity index (χ2n) is 5.13. The number of hydrogen-bond acceptors (Lipinski definition) is 2. The highest BCUT2D eigenvalue weighted by Gasteiger charge is 2.26. The number of carboxylic acid groups (broad SMARTS) is 1. The maximum atomic E-state index is 11.7. The molecular formula is C15H20N2O3. The van der Waals surface area contributed by atoms with Crippen LogP contribution in [0.15, 0.2) is 24.3 Å². The third kappa shape index (κ3) is 3.29. The lowest BCUT2D eigenvalue weighted by Gasteiger charge is -2.30. The zero-order valence-electron chi connectivity index (χ0n) is 11.6. The predicted molar refractivity (Wildman–Crippen MR) is 75.8 cm³/mol. The fraction of sp³-hybridized carbons (Fsp3) is 0.467. The molecule has 0 saturated carbocycles. The number of fused-ring (bicyclic) bond motifs is 1. The number of benzene rings is 1. The maximum Gasteiger partial charge on any atom is 0.326 e. The van der Waals surface area contributed by atoms with Crippen LogP contribution in [0.5, 0.6) is 0 Å². The van der Waals surface area contributed by atoms with E-state index in [0.29, 0.717) is 25.3 Å². The quantitative estimate of drug-likeness (QED) is 0.742. The van der Waals surface area contributed by atoms with Gasteiger partial charge in [0.15, 0.2) is 0 Å². The molecule has 1 aromatic rings. The van der Waals surface area contributed by atoms with Crippen molar-refractivity contribution in [2.45, 2.75) is 38.1 Å². The molecule has 1 aliphatic carbocycles. The summed E-state index contributed by atoms with van der Waals surface area (Å²) in [5.74, 6) is -0.651. The van der Waals surface area contributed by atoms with Crippen molar-refractivity contribution in [3.05, 3.63) is 35.4 Å². The average Bonchev–Trinajstić information content (AvgIpc) is 2.39. The molecule has 0 aliphatic heterocycles. The van der Waals surface area contributed by atoms with Crippen LogP contribution in [0.25, 0.3) is 0 Å². The monoisotopic (exact) mass is 276 g/mol. The number of rotatable bonds is 6. The first-order valence-electron chi connectivity index (χ1n) is 6.96. The van der Waals surface area contributed by atoms with Gasteiger partial charge in [0.05, 0.1) is 0 Å². The summed E-state index contributed by atoms with van der Waals surface area (Å²) in [6.07, 6.45) is 2.12.